The SMILES string of the molecule is O=C(Cc1cccs1)N1CCC[C@]2(C[C@@H](Oc3ccccn3)CO2)C1.O=C(O)C(F)(F)F. The van der Waals surface area contributed by atoms with E-state index in [1.807, 2.05) is 40.6 Å². The van der Waals surface area contributed by atoms with Crippen LogP contribution in [0.5, 0.6) is 5.88 Å². The summed E-state index contributed by atoms with van der Waals surface area (Å²) in [6, 6.07) is 9.66. The van der Waals surface area contributed by atoms with E-state index < -0.39 is 12.1 Å². The van der Waals surface area contributed by atoms with Crippen LogP contribution in [0.1, 0.15) is 24.1 Å². The molecule has 1 spiro atoms. The van der Waals surface area contributed by atoms with Crippen LogP contribution in [-0.4, -0.2) is 64.4 Å². The first kappa shape index (κ1) is 24.0. The molecule has 2 aliphatic heterocycles. The first-order valence-corrected chi connectivity index (χ1v) is 10.9. The van der Waals surface area contributed by atoms with E-state index >= 15 is 0 Å². The van der Waals surface area contributed by atoms with Crippen molar-refractivity contribution in [2.45, 2.75) is 43.6 Å². The Labute approximate surface area is 186 Å². The molecule has 1 amide bonds. The van der Waals surface area contributed by atoms with Crippen molar-refractivity contribution in [2.24, 2.45) is 0 Å². The van der Waals surface area contributed by atoms with Crippen LogP contribution in [-0.2, 0) is 20.7 Å². The molecule has 2 atom stereocenters. The van der Waals surface area contributed by atoms with E-state index in [0.29, 0.717) is 25.5 Å². The second kappa shape index (κ2) is 10.3. The van der Waals surface area contributed by atoms with Gasteiger partial charge in [-0.05, 0) is 30.4 Å². The van der Waals surface area contributed by atoms with Crippen LogP contribution in [0.25, 0.3) is 0 Å². The van der Waals surface area contributed by atoms with Crippen LogP contribution in [0.3, 0.4) is 0 Å². The fourth-order valence-corrected chi connectivity index (χ4v) is 4.43. The summed E-state index contributed by atoms with van der Waals surface area (Å²) in [6.45, 7) is 2.05. The minimum absolute atomic E-state index is 0.00208. The Hall–Kier alpha value is -2.66. The predicted octanol–water partition coefficient (Wildman–Crippen LogP) is 3.55. The van der Waals surface area contributed by atoms with Gasteiger partial charge in [0.1, 0.15) is 6.10 Å². The number of carbonyl (C=O) groups is 2. The van der Waals surface area contributed by atoms with Gasteiger partial charge in [-0.25, -0.2) is 9.78 Å². The summed E-state index contributed by atoms with van der Waals surface area (Å²) >= 11 is 1.63. The summed E-state index contributed by atoms with van der Waals surface area (Å²) in [5.41, 5.74) is -0.261. The highest BCUT2D eigenvalue weighted by Crippen LogP contribution is 2.36. The molecule has 174 valence electrons. The fourth-order valence-electron chi connectivity index (χ4n) is 3.74. The lowest BCUT2D eigenvalue weighted by atomic mass is 9.89. The normalized spacial score (nSPS) is 22.8. The van der Waals surface area contributed by atoms with Gasteiger partial charge in [-0.3, -0.25) is 4.79 Å². The third-order valence-electron chi connectivity index (χ3n) is 5.14. The lowest BCUT2D eigenvalue weighted by molar-refractivity contribution is -0.192. The maximum Gasteiger partial charge on any atom is 0.490 e. The Kier molecular flexibility index (Phi) is 7.73. The Balaban J connectivity index is 0.000000360. The highest BCUT2D eigenvalue weighted by Gasteiger charge is 2.45. The molecule has 2 saturated heterocycles. The van der Waals surface area contributed by atoms with Gasteiger partial charge in [0.25, 0.3) is 0 Å². The van der Waals surface area contributed by atoms with Crippen molar-refractivity contribution >= 4 is 23.2 Å². The van der Waals surface area contributed by atoms with Gasteiger partial charge in [-0.15, -0.1) is 11.3 Å². The van der Waals surface area contributed by atoms with E-state index in [9.17, 15) is 18.0 Å². The van der Waals surface area contributed by atoms with Crippen molar-refractivity contribution in [3.63, 3.8) is 0 Å². The number of pyridine rings is 1. The van der Waals surface area contributed by atoms with Gasteiger partial charge in [0.05, 0.1) is 18.6 Å². The molecule has 2 aromatic heterocycles. The average molecular weight is 472 g/mol. The average Bonchev–Trinajstić information content (AvgIpc) is 3.39. The number of likely N-dealkylation sites (tertiary alicyclic amines) is 1. The van der Waals surface area contributed by atoms with Gasteiger partial charge < -0.3 is 19.5 Å². The minimum Gasteiger partial charge on any atom is -0.475 e. The van der Waals surface area contributed by atoms with Crippen LogP contribution in [0.4, 0.5) is 13.2 Å². The summed E-state index contributed by atoms with van der Waals surface area (Å²) in [4.78, 5) is 28.8. The number of ether oxygens (including phenoxy) is 2. The highest BCUT2D eigenvalue weighted by molar-refractivity contribution is 7.10. The summed E-state index contributed by atoms with van der Waals surface area (Å²) in [5.74, 6) is -1.93. The van der Waals surface area contributed by atoms with Crippen LogP contribution in [0.15, 0.2) is 41.9 Å². The number of nitrogens with zero attached hydrogens (tertiary/aromatic N) is 2. The van der Waals surface area contributed by atoms with E-state index in [2.05, 4.69) is 4.98 Å². The molecule has 4 heterocycles. The molecule has 32 heavy (non-hydrogen) atoms. The zero-order valence-electron chi connectivity index (χ0n) is 17.1. The van der Waals surface area contributed by atoms with Crippen LogP contribution >= 0.6 is 11.3 Å². The molecule has 11 heteroatoms. The number of aliphatic carboxylic acids is 1. The van der Waals surface area contributed by atoms with Crippen LogP contribution < -0.4 is 4.74 Å². The first-order chi connectivity index (χ1) is 15.2. The number of amides is 1. The number of hydrogen-bond donors (Lipinski definition) is 1. The molecule has 0 unspecified atom stereocenters. The maximum absolute atomic E-state index is 12.6. The number of hydrogen-bond acceptors (Lipinski definition) is 6. The van der Waals surface area contributed by atoms with E-state index in [4.69, 9.17) is 19.4 Å². The number of carboxylic acid groups (broad SMARTS) is 1. The zero-order chi connectivity index (χ0) is 23.2. The fraction of sp³-hybridized carbons (Fsp3) is 0.476. The molecule has 0 bridgehead atoms. The lowest BCUT2D eigenvalue weighted by Crippen LogP contribution is -2.50. The largest absolute Gasteiger partial charge is 0.490 e. The number of halogens is 3. The smallest absolute Gasteiger partial charge is 0.475 e. The number of aromatic nitrogens is 1. The molecule has 7 nitrogen and oxygen atoms in total. The summed E-state index contributed by atoms with van der Waals surface area (Å²) < 4.78 is 43.8. The topological polar surface area (TPSA) is 89.0 Å². The van der Waals surface area contributed by atoms with Crippen molar-refractivity contribution in [2.75, 3.05) is 19.7 Å². The molecule has 0 saturated carbocycles. The molecule has 4 rings (SSSR count). The second-order valence-corrected chi connectivity index (χ2v) is 8.62. The van der Waals surface area contributed by atoms with E-state index in [1.165, 1.54) is 0 Å². The van der Waals surface area contributed by atoms with Gasteiger partial charge in [-0.2, -0.15) is 13.2 Å². The standard InChI is InChI=1S/C19H22N2O3S.C2HF3O2/c22-18(11-16-5-3-10-25-16)21-9-4-7-19(14-21)12-15(13-23-19)24-17-6-1-2-8-20-17;3-2(4,5)1(6)7/h1-3,5-6,8,10,15H,4,7,9,11-14H2;(H,6,7)/t15-,19+;/m1./s1. The lowest BCUT2D eigenvalue weighted by Gasteiger charge is -2.39. The van der Waals surface area contributed by atoms with Crippen LogP contribution in [0, 0.1) is 0 Å². The maximum atomic E-state index is 12.6. The molecule has 1 N–H and O–H groups in total. The number of rotatable bonds is 4. The molecule has 0 aromatic carbocycles. The second-order valence-electron chi connectivity index (χ2n) is 7.58. The molecule has 2 fully saturated rings. The highest BCUT2D eigenvalue weighted by atomic mass is 32.1. The van der Waals surface area contributed by atoms with Gasteiger partial charge in [0.2, 0.25) is 11.8 Å². The molecular formula is C21H23F3N2O5S. The van der Waals surface area contributed by atoms with Gasteiger partial charge >= 0.3 is 12.1 Å². The first-order valence-electron chi connectivity index (χ1n) is 9.99. The van der Waals surface area contributed by atoms with Crippen molar-refractivity contribution in [3.8, 4) is 5.88 Å². The minimum atomic E-state index is -5.08. The Morgan fingerprint density at radius 2 is 2.09 bits per heavy atom. The number of carbonyl (C=O) groups excluding carboxylic acids is 1. The Morgan fingerprint density at radius 3 is 2.72 bits per heavy atom. The summed E-state index contributed by atoms with van der Waals surface area (Å²) in [5, 5.41) is 9.14. The molecular weight excluding hydrogens is 449 g/mol. The van der Waals surface area contributed by atoms with E-state index in [1.54, 1.807) is 17.5 Å². The quantitative estimate of drug-likeness (QED) is 0.732. The Morgan fingerprint density at radius 1 is 1.31 bits per heavy atom. The van der Waals surface area contributed by atoms with E-state index in [-0.39, 0.29) is 17.6 Å². The van der Waals surface area contributed by atoms with Gasteiger partial charge in [0, 0.05) is 36.7 Å². The number of carboxylic acids is 1. The van der Waals surface area contributed by atoms with Gasteiger partial charge in [0.15, 0.2) is 0 Å². The van der Waals surface area contributed by atoms with Crippen molar-refractivity contribution in [3.05, 3.63) is 46.8 Å². The van der Waals surface area contributed by atoms with Crippen molar-refractivity contribution < 1.29 is 37.3 Å². The van der Waals surface area contributed by atoms with E-state index in [0.717, 1.165) is 30.7 Å². The summed E-state index contributed by atoms with van der Waals surface area (Å²) in [7, 11) is 0. The third kappa shape index (κ3) is 6.67. The predicted molar refractivity (Wildman–Crippen MR) is 109 cm³/mol. The molecule has 2 aliphatic rings. The molecule has 0 radical (unpaired) electrons. The third-order valence-corrected chi connectivity index (χ3v) is 6.02. The van der Waals surface area contributed by atoms with Crippen molar-refractivity contribution in [1.29, 1.82) is 0 Å². The molecule has 0 aliphatic carbocycles. The monoisotopic (exact) mass is 472 g/mol. The summed E-state index contributed by atoms with van der Waals surface area (Å²) in [6.07, 6.45) is -0.0904. The van der Waals surface area contributed by atoms with Crippen molar-refractivity contribution in [1.82, 2.24) is 9.88 Å². The number of alkyl halides is 3. The Bertz CT molecular complexity index is 895. The molecule has 2 aromatic rings. The van der Waals surface area contributed by atoms with Crippen LogP contribution in [0.2, 0.25) is 0 Å². The number of thiophene rings is 1. The van der Waals surface area contributed by atoms with Gasteiger partial charge in [-0.1, -0.05) is 12.1 Å². The zero-order valence-corrected chi connectivity index (χ0v) is 17.9. The number of piperidine rings is 1.